The topological polar surface area (TPSA) is 341 Å². The van der Waals surface area contributed by atoms with E-state index < -0.39 is 177 Å². The number of rotatable bonds is 46. The highest BCUT2D eigenvalue weighted by Crippen LogP contribution is 2.42. The molecule has 0 amide bonds. The van der Waals surface area contributed by atoms with Gasteiger partial charge in [0.2, 0.25) is 0 Å². The summed E-state index contributed by atoms with van der Waals surface area (Å²) in [6.45, 7) is 7.62. The van der Waals surface area contributed by atoms with Gasteiger partial charge in [-0.05, 0) is 105 Å². The lowest BCUT2D eigenvalue weighted by atomic mass is 9.95. The number of ether oxygens (including phenoxy) is 16. The van der Waals surface area contributed by atoms with E-state index in [1.807, 2.05) is 109 Å². The van der Waals surface area contributed by atoms with Crippen LogP contribution in [0.3, 0.4) is 0 Å². The maximum absolute atomic E-state index is 15.5. The fourth-order valence-electron chi connectivity index (χ4n) is 15.2. The number of aryl methyl sites for hydroxylation is 4. The van der Waals surface area contributed by atoms with Crippen LogP contribution in [-0.2, 0) is 159 Å². The average Bonchev–Trinajstić information content (AvgIpc) is 0.751. The quantitative estimate of drug-likeness (QED) is 0.0273. The Balaban J connectivity index is 0.985. The van der Waals surface area contributed by atoms with Gasteiger partial charge in [0.05, 0.1) is 72.4 Å². The van der Waals surface area contributed by atoms with E-state index in [1.54, 1.807) is 88.4 Å². The van der Waals surface area contributed by atoms with Gasteiger partial charge in [0, 0.05) is 35.0 Å². The van der Waals surface area contributed by atoms with Crippen molar-refractivity contribution in [2.45, 2.75) is 242 Å². The lowest BCUT2D eigenvalue weighted by Gasteiger charge is -2.51. The van der Waals surface area contributed by atoms with E-state index in [-0.39, 0.29) is 65.8 Å². The molecule has 29 nitrogen and oxygen atoms in total. The van der Waals surface area contributed by atoms with Crippen LogP contribution in [0.25, 0.3) is 0 Å². The Bertz CT molecular complexity index is 5040. The second-order valence-corrected chi connectivity index (χ2v) is 37.5. The normalized spacial score (nSPS) is 27.0. The minimum atomic E-state index is -5.04. The van der Waals surface area contributed by atoms with Crippen molar-refractivity contribution in [2.75, 3.05) is 61.5 Å². The standard InChI is InChI=1S/C92H114O29S4/c1-10-11-12-13-14-27-52-110-89-86(119-123(96,97)70-46-38-62(3)39-47-70)82(103-7)78(74(112-89)58-107-54-66-30-21-16-22-31-66)116-91-88(121-125(100,101)72-50-42-64(5)43-51-72)84(105-9)80(76(114-91)60-109-56-68-34-25-18-26-35-68)117-92-87(120-124(98,99)71-48-40-63(4)41-49-71)83(104-8)79(75(113-92)59-108-55-67-32-23-17-24-33-67)115-90-85(118-122(94,95)69-44-36-61(2)37-45-69)81(102-6)77(93)73(111-90)57-106-53-65-28-19-15-20-29-65/h15-26,28-51,73-93H,10-14,27,52-60H2,1-9H3/t73-,74-,75-,76-,77-,78-,79-,80-,81+,82+,83+,84+,85+,86+,87+,88+,89+,90-,91-,92-/m1/s1. The molecule has 4 aliphatic rings. The summed E-state index contributed by atoms with van der Waals surface area (Å²) in [6, 6.07) is 59.9. The number of aliphatic hydroxyl groups is 1. The van der Waals surface area contributed by atoms with E-state index in [1.165, 1.54) is 77.0 Å². The lowest BCUT2D eigenvalue weighted by molar-refractivity contribution is -0.387. The zero-order valence-corrected chi connectivity index (χ0v) is 74.7. The summed E-state index contributed by atoms with van der Waals surface area (Å²) in [5.74, 6) is 0. The molecule has 8 aromatic carbocycles. The summed E-state index contributed by atoms with van der Waals surface area (Å²) in [4.78, 5) is -1.16. The van der Waals surface area contributed by atoms with Crippen molar-refractivity contribution in [3.05, 3.63) is 263 Å². The second kappa shape index (κ2) is 46.3. The van der Waals surface area contributed by atoms with Crippen LogP contribution in [0.15, 0.2) is 238 Å². The van der Waals surface area contributed by atoms with Gasteiger partial charge in [-0.15, -0.1) is 0 Å². The Morgan fingerprint density at radius 3 is 0.824 bits per heavy atom. The Labute approximate surface area is 733 Å². The summed E-state index contributed by atoms with van der Waals surface area (Å²) in [5, 5.41) is 12.3. The molecule has 0 unspecified atom stereocenters. The van der Waals surface area contributed by atoms with Gasteiger partial charge in [-0.2, -0.15) is 33.7 Å². The van der Waals surface area contributed by atoms with E-state index in [4.69, 9.17) is 92.5 Å². The number of methoxy groups -OCH3 is 4. The van der Waals surface area contributed by atoms with Crippen LogP contribution in [0.1, 0.15) is 90.0 Å². The van der Waals surface area contributed by atoms with Crippen LogP contribution in [0.2, 0.25) is 0 Å². The third-order valence-electron chi connectivity index (χ3n) is 21.9. The van der Waals surface area contributed by atoms with Gasteiger partial charge in [-0.25, -0.2) is 0 Å². The molecule has 0 spiro atoms. The molecule has 0 radical (unpaired) electrons. The third-order valence-corrected chi connectivity index (χ3v) is 27.2. The largest absolute Gasteiger partial charge is 0.387 e. The van der Waals surface area contributed by atoms with Crippen molar-refractivity contribution >= 4 is 40.5 Å². The highest BCUT2D eigenvalue weighted by atomic mass is 32.2. The molecule has 4 heterocycles. The van der Waals surface area contributed by atoms with Crippen LogP contribution in [-0.4, -0.2) is 223 Å². The summed E-state index contributed by atoms with van der Waals surface area (Å²) in [6.07, 6.45) is -29.1. The van der Waals surface area contributed by atoms with E-state index in [9.17, 15) is 21.9 Å². The lowest BCUT2D eigenvalue weighted by Crippen LogP contribution is -2.69. The first-order valence-corrected chi connectivity index (χ1v) is 47.4. The highest BCUT2D eigenvalue weighted by Gasteiger charge is 2.60. The predicted molar refractivity (Wildman–Crippen MR) is 455 cm³/mol. The zero-order valence-electron chi connectivity index (χ0n) is 71.4. The number of benzene rings is 8. The molecule has 0 saturated carbocycles. The van der Waals surface area contributed by atoms with Crippen molar-refractivity contribution in [3.8, 4) is 0 Å². The maximum atomic E-state index is 15.5. The molecule has 4 aliphatic heterocycles. The molecule has 33 heteroatoms. The van der Waals surface area contributed by atoms with Crippen molar-refractivity contribution in [3.63, 3.8) is 0 Å². The number of aliphatic hydroxyl groups excluding tert-OH is 1. The number of unbranched alkanes of at least 4 members (excludes halogenated alkanes) is 5. The molecule has 8 aromatic rings. The summed E-state index contributed by atoms with van der Waals surface area (Å²) in [7, 11) is -14.6. The van der Waals surface area contributed by atoms with Gasteiger partial charge in [0.25, 0.3) is 40.5 Å². The van der Waals surface area contributed by atoms with Crippen LogP contribution < -0.4 is 0 Å². The van der Waals surface area contributed by atoms with Crippen LogP contribution >= 0.6 is 0 Å². The molecular formula is C92H114O29S4. The fourth-order valence-corrected chi connectivity index (χ4v) is 19.4. The molecule has 0 aromatic heterocycles. The Morgan fingerprint density at radius 1 is 0.288 bits per heavy atom. The molecule has 125 heavy (non-hydrogen) atoms. The number of hydrogen-bond acceptors (Lipinski definition) is 29. The molecule has 680 valence electrons. The zero-order chi connectivity index (χ0) is 88.7. The van der Waals surface area contributed by atoms with Crippen LogP contribution in [0, 0.1) is 27.7 Å². The molecule has 4 saturated heterocycles. The minimum Gasteiger partial charge on any atom is -0.387 e. The summed E-state index contributed by atoms with van der Waals surface area (Å²) < 4.78 is 254. The Hall–Kier alpha value is -7.28. The third kappa shape index (κ3) is 26.3. The van der Waals surface area contributed by atoms with E-state index in [0.29, 0.717) is 28.7 Å². The van der Waals surface area contributed by atoms with Crippen molar-refractivity contribution in [1.82, 2.24) is 0 Å². The van der Waals surface area contributed by atoms with Gasteiger partial charge in [0.15, 0.2) is 49.6 Å². The smallest absolute Gasteiger partial charge is 0.297 e. The molecule has 1 N–H and O–H groups in total. The van der Waals surface area contributed by atoms with Gasteiger partial charge < -0.3 is 80.9 Å². The van der Waals surface area contributed by atoms with Crippen LogP contribution in [0.4, 0.5) is 0 Å². The summed E-state index contributed by atoms with van der Waals surface area (Å²) >= 11 is 0. The van der Waals surface area contributed by atoms with Gasteiger partial charge >= 0.3 is 0 Å². The fraction of sp³-hybridized carbons (Fsp3) is 0.478. The van der Waals surface area contributed by atoms with Gasteiger partial charge in [-0.3, -0.25) is 16.7 Å². The Morgan fingerprint density at radius 2 is 0.536 bits per heavy atom. The average molecular weight is 1810 g/mol. The Kier molecular flexibility index (Phi) is 35.9. The molecule has 4 fully saturated rings. The van der Waals surface area contributed by atoms with Gasteiger partial charge in [-0.1, -0.05) is 231 Å². The van der Waals surface area contributed by atoms with E-state index >= 15 is 16.8 Å². The molecule has 0 bridgehead atoms. The van der Waals surface area contributed by atoms with Crippen molar-refractivity contribution in [2.24, 2.45) is 0 Å². The monoisotopic (exact) mass is 1810 g/mol. The first-order valence-electron chi connectivity index (χ1n) is 41.7. The molecule has 20 atom stereocenters. The minimum absolute atomic E-state index is 0.0330. The maximum Gasteiger partial charge on any atom is 0.297 e. The molecule has 12 rings (SSSR count). The van der Waals surface area contributed by atoms with E-state index in [2.05, 4.69) is 6.92 Å². The molecule has 0 aliphatic carbocycles. The predicted octanol–water partition coefficient (Wildman–Crippen LogP) is 12.0. The van der Waals surface area contributed by atoms with E-state index in [0.717, 1.165) is 54.4 Å². The highest BCUT2D eigenvalue weighted by molar-refractivity contribution is 7.87. The van der Waals surface area contributed by atoms with Gasteiger partial charge in [0.1, 0.15) is 73.2 Å². The first kappa shape index (κ1) is 96.8. The van der Waals surface area contributed by atoms with Crippen molar-refractivity contribution < 1.29 is 131 Å². The number of hydrogen-bond donors (Lipinski definition) is 1. The summed E-state index contributed by atoms with van der Waals surface area (Å²) in [5.41, 5.74) is 5.82. The SMILES string of the molecule is CCCCCCCCO[C@H]1O[C@H](COCc2ccccc2)[C@@H](O[C@H]2O[C@H](COCc3ccccc3)[C@@H](O[C@H]3O[C@H](COCc4ccccc4)[C@@H](O[C@H]4O[C@H](COCc5ccccc5)[C@@H](O)[C@H](OC)[C@@H]4OS(=O)(=O)c4ccc(C)cc4)[C@H](OC)[C@@H]3OS(=O)(=O)c3ccc(C)cc3)[C@H](OC)[C@@H]2OS(=O)(=O)c2ccc(C)cc2)[C@H](OC)[C@@H]1OS(=O)(=O)c1ccc(C)cc1. The second-order valence-electron chi connectivity index (χ2n) is 31.2. The van der Waals surface area contributed by atoms with Crippen molar-refractivity contribution in [1.29, 1.82) is 0 Å². The first-order chi connectivity index (χ1) is 60.3. The molecular weight excluding hydrogens is 1700 g/mol. The van der Waals surface area contributed by atoms with Crippen LogP contribution in [0.5, 0.6) is 0 Å².